The maximum absolute atomic E-state index is 11.3. The molecule has 0 N–H and O–H groups in total. The van der Waals surface area contributed by atoms with Crippen LogP contribution in [0.2, 0.25) is 0 Å². The van der Waals surface area contributed by atoms with Gasteiger partial charge < -0.3 is 4.74 Å². The van der Waals surface area contributed by atoms with Crippen molar-refractivity contribution < 1.29 is 17.9 Å². The highest BCUT2D eigenvalue weighted by Crippen LogP contribution is 2.01. The molecule has 0 spiro atoms. The van der Waals surface area contributed by atoms with E-state index in [4.69, 9.17) is 0 Å². The van der Waals surface area contributed by atoms with Crippen LogP contribution in [0.25, 0.3) is 0 Å². The van der Waals surface area contributed by atoms with Crippen molar-refractivity contribution in [2.45, 2.75) is 6.92 Å². The van der Waals surface area contributed by atoms with Crippen LogP contribution in [0.3, 0.4) is 0 Å². The maximum Gasteiger partial charge on any atom is 0.354 e. The third kappa shape index (κ3) is 2.92. The number of hydrogen-bond donors (Lipinski definition) is 0. The fourth-order valence-electron chi connectivity index (χ4n) is 1.07. The largest absolute Gasteiger partial charge is 0.462 e. The Morgan fingerprint density at radius 3 is 2.33 bits per heavy atom. The van der Waals surface area contributed by atoms with Crippen LogP contribution in [0.15, 0.2) is 30.3 Å². The molecular formula is C10H10O4S. The summed E-state index contributed by atoms with van der Waals surface area (Å²) in [7, 11) is -2.59. The lowest BCUT2D eigenvalue weighted by molar-refractivity contribution is -0.134. The molecule has 0 aliphatic carbocycles. The first kappa shape index (κ1) is 11.5. The average molecular weight is 226 g/mol. The summed E-state index contributed by atoms with van der Waals surface area (Å²) in [5.74, 6) is -0.822. The fourth-order valence-corrected chi connectivity index (χ4v) is 1.59. The van der Waals surface area contributed by atoms with Crippen LogP contribution in [0.1, 0.15) is 12.5 Å². The minimum atomic E-state index is -2.59. The number of esters is 1. The molecule has 0 amide bonds. The Balaban J connectivity index is 3.19. The summed E-state index contributed by atoms with van der Waals surface area (Å²) in [6.45, 7) is 1.76. The Morgan fingerprint density at radius 2 is 1.87 bits per heavy atom. The first-order chi connectivity index (χ1) is 7.16. The number of hydrogen-bond acceptors (Lipinski definition) is 4. The van der Waals surface area contributed by atoms with E-state index in [-0.39, 0.29) is 11.5 Å². The van der Waals surface area contributed by atoms with Gasteiger partial charge in [-0.2, -0.15) is 8.42 Å². The van der Waals surface area contributed by atoms with E-state index in [1.165, 1.54) is 0 Å². The molecule has 0 aromatic heterocycles. The van der Waals surface area contributed by atoms with Crippen molar-refractivity contribution in [3.05, 3.63) is 35.9 Å². The third-order valence-corrected chi connectivity index (χ3v) is 2.40. The van der Waals surface area contributed by atoms with Crippen LogP contribution in [0, 0.1) is 0 Å². The molecule has 0 aliphatic rings. The highest BCUT2D eigenvalue weighted by molar-refractivity contribution is 7.75. The summed E-state index contributed by atoms with van der Waals surface area (Å²) in [5.41, 5.74) is 0.337. The standard InChI is InChI=1S/C10H10O4S/c1-2-14-10(11)9(15(12)13)8-6-4-3-5-7-8/h3-7H,2H2,1H3. The molecule has 0 saturated heterocycles. The van der Waals surface area contributed by atoms with Gasteiger partial charge in [0.25, 0.3) is 0 Å². The van der Waals surface area contributed by atoms with Gasteiger partial charge in [-0.3, -0.25) is 0 Å². The molecule has 80 valence electrons. The van der Waals surface area contributed by atoms with E-state index in [2.05, 4.69) is 4.74 Å². The Hall–Kier alpha value is -1.62. The van der Waals surface area contributed by atoms with Gasteiger partial charge >= 0.3 is 5.97 Å². The van der Waals surface area contributed by atoms with Crippen molar-refractivity contribution in [2.75, 3.05) is 6.61 Å². The molecule has 0 saturated carbocycles. The van der Waals surface area contributed by atoms with Crippen LogP contribution in [0.4, 0.5) is 0 Å². The van der Waals surface area contributed by atoms with Crippen LogP contribution >= 0.6 is 0 Å². The van der Waals surface area contributed by atoms with E-state index in [1.54, 1.807) is 37.3 Å². The predicted molar refractivity (Wildman–Crippen MR) is 56.1 cm³/mol. The molecule has 15 heavy (non-hydrogen) atoms. The van der Waals surface area contributed by atoms with E-state index >= 15 is 0 Å². The fraction of sp³-hybridized carbons (Fsp3) is 0.200. The Labute approximate surface area is 89.0 Å². The molecule has 0 fully saturated rings. The van der Waals surface area contributed by atoms with Gasteiger partial charge in [-0.1, -0.05) is 30.3 Å². The monoisotopic (exact) mass is 226 g/mol. The molecule has 5 heteroatoms. The quantitative estimate of drug-likeness (QED) is 0.431. The summed E-state index contributed by atoms with van der Waals surface area (Å²) < 4.78 is 26.4. The van der Waals surface area contributed by atoms with Gasteiger partial charge in [0.2, 0.25) is 10.3 Å². The summed E-state index contributed by atoms with van der Waals surface area (Å²) in [4.78, 5) is 11.0. The summed E-state index contributed by atoms with van der Waals surface area (Å²) in [6.07, 6.45) is 0. The van der Waals surface area contributed by atoms with Crippen molar-refractivity contribution in [1.82, 2.24) is 0 Å². The molecule has 0 bridgehead atoms. The molecule has 1 rings (SSSR count). The van der Waals surface area contributed by atoms with Crippen LogP contribution in [-0.4, -0.2) is 25.9 Å². The van der Waals surface area contributed by atoms with Crippen molar-refractivity contribution in [3.8, 4) is 0 Å². The first-order valence-corrected chi connectivity index (χ1v) is 5.43. The minimum absolute atomic E-state index is 0.145. The van der Waals surface area contributed by atoms with Gasteiger partial charge in [-0.05, 0) is 6.92 Å². The SMILES string of the molecule is CCOC(=O)C(c1ccccc1)=S(=O)=O. The number of ether oxygens (including phenoxy) is 1. The second kappa shape index (κ2) is 5.31. The zero-order valence-electron chi connectivity index (χ0n) is 8.14. The lowest BCUT2D eigenvalue weighted by atomic mass is 10.1. The summed E-state index contributed by atoms with van der Waals surface area (Å²) in [6, 6.07) is 8.13. The predicted octanol–water partition coefficient (Wildman–Crippen LogP) is 0.649. The van der Waals surface area contributed by atoms with E-state index < -0.39 is 16.3 Å². The van der Waals surface area contributed by atoms with Crippen LogP contribution in [0.5, 0.6) is 0 Å². The molecule has 1 aromatic carbocycles. The van der Waals surface area contributed by atoms with Crippen molar-refractivity contribution in [1.29, 1.82) is 0 Å². The Morgan fingerprint density at radius 1 is 1.27 bits per heavy atom. The van der Waals surface area contributed by atoms with Gasteiger partial charge in [-0.15, -0.1) is 0 Å². The highest BCUT2D eigenvalue weighted by atomic mass is 32.2. The average Bonchev–Trinajstić information content (AvgIpc) is 2.19. The van der Waals surface area contributed by atoms with E-state index in [0.717, 1.165) is 0 Å². The minimum Gasteiger partial charge on any atom is -0.462 e. The van der Waals surface area contributed by atoms with Gasteiger partial charge in [0.1, 0.15) is 0 Å². The van der Waals surface area contributed by atoms with E-state index in [0.29, 0.717) is 5.56 Å². The smallest absolute Gasteiger partial charge is 0.354 e. The first-order valence-electron chi connectivity index (χ1n) is 4.35. The van der Waals surface area contributed by atoms with Gasteiger partial charge in [0, 0.05) is 5.56 Å². The van der Waals surface area contributed by atoms with Gasteiger partial charge in [0.05, 0.1) is 6.61 Å². The molecule has 4 nitrogen and oxygen atoms in total. The van der Waals surface area contributed by atoms with Crippen molar-refractivity contribution in [2.24, 2.45) is 0 Å². The number of benzene rings is 1. The molecule has 0 heterocycles. The topological polar surface area (TPSA) is 60.4 Å². The second-order valence-corrected chi connectivity index (χ2v) is 3.53. The lowest BCUT2D eigenvalue weighted by Gasteiger charge is -2.01. The molecule has 0 aliphatic heterocycles. The number of rotatable bonds is 3. The highest BCUT2D eigenvalue weighted by Gasteiger charge is 2.16. The maximum atomic E-state index is 11.3. The molecule has 0 unspecified atom stereocenters. The molecule has 0 atom stereocenters. The molecule has 1 aromatic rings. The zero-order valence-corrected chi connectivity index (χ0v) is 8.95. The lowest BCUT2D eigenvalue weighted by Crippen LogP contribution is -2.19. The number of carbonyl (C=O) groups excluding carboxylic acids is 1. The Kier molecular flexibility index (Phi) is 4.05. The molecule has 0 radical (unpaired) electrons. The van der Waals surface area contributed by atoms with Crippen molar-refractivity contribution in [3.63, 3.8) is 0 Å². The van der Waals surface area contributed by atoms with Crippen LogP contribution in [-0.2, 0) is 19.8 Å². The molecular weight excluding hydrogens is 216 g/mol. The van der Waals surface area contributed by atoms with Gasteiger partial charge in [-0.25, -0.2) is 4.79 Å². The summed E-state index contributed by atoms with van der Waals surface area (Å²) in [5, 5.41) is 0. The Bertz CT molecular complexity index is 465. The van der Waals surface area contributed by atoms with Crippen LogP contribution < -0.4 is 0 Å². The van der Waals surface area contributed by atoms with E-state index in [9.17, 15) is 13.2 Å². The summed E-state index contributed by atoms with van der Waals surface area (Å²) >= 11 is 0. The normalized spacial score (nSPS) is 9.40. The van der Waals surface area contributed by atoms with E-state index in [1.807, 2.05) is 0 Å². The van der Waals surface area contributed by atoms with Crippen molar-refractivity contribution >= 4 is 21.1 Å². The van der Waals surface area contributed by atoms with Gasteiger partial charge in [0.15, 0.2) is 4.86 Å². The third-order valence-electron chi connectivity index (χ3n) is 1.66. The number of carbonyl (C=O) groups is 1. The zero-order chi connectivity index (χ0) is 11.3. The second-order valence-electron chi connectivity index (χ2n) is 2.65.